The SMILES string of the molecule is Nc1cc(O)ccc1[As](Cl)c1ccc(O)cc1N. The first kappa shape index (κ1) is 12.9. The Labute approximate surface area is 113 Å². The molecule has 4 nitrogen and oxygen atoms in total. The maximum atomic E-state index is 9.32. The second-order valence-corrected chi connectivity index (χ2v) is 8.72. The monoisotopic (exact) mass is 326 g/mol. The van der Waals surface area contributed by atoms with Crippen LogP contribution in [-0.2, 0) is 0 Å². The van der Waals surface area contributed by atoms with Gasteiger partial charge in [0.15, 0.2) is 0 Å². The van der Waals surface area contributed by atoms with Gasteiger partial charge in [0.1, 0.15) is 0 Å². The summed E-state index contributed by atoms with van der Waals surface area (Å²) in [5.41, 5.74) is 12.6. The molecule has 0 heterocycles. The summed E-state index contributed by atoms with van der Waals surface area (Å²) in [5.74, 6) is 0.211. The van der Waals surface area contributed by atoms with Crippen LogP contribution in [0.2, 0.25) is 0 Å². The van der Waals surface area contributed by atoms with Crippen molar-refractivity contribution >= 4 is 43.7 Å². The van der Waals surface area contributed by atoms with E-state index in [1.165, 1.54) is 12.1 Å². The van der Waals surface area contributed by atoms with Crippen molar-refractivity contribution in [1.29, 1.82) is 0 Å². The number of anilines is 2. The van der Waals surface area contributed by atoms with Crippen LogP contribution in [0.3, 0.4) is 0 Å². The van der Waals surface area contributed by atoms with Crippen LogP contribution in [0, 0.1) is 0 Å². The summed E-state index contributed by atoms with van der Waals surface area (Å²) < 4.78 is 1.61. The molecule has 0 atom stereocenters. The number of phenols is 2. The summed E-state index contributed by atoms with van der Waals surface area (Å²) in [7, 11) is 6.47. The normalized spacial score (nSPS) is 10.8. The van der Waals surface area contributed by atoms with Gasteiger partial charge in [-0.05, 0) is 0 Å². The standard InChI is InChI=1S/C12H12AsClN2O2/c14-13(9-3-1-7(17)5-11(9)15)10-4-2-8(18)6-12(10)16/h1-6,17-18H,15-16H2. The molecule has 6 N–H and O–H groups in total. The van der Waals surface area contributed by atoms with Crippen molar-refractivity contribution in [2.75, 3.05) is 11.5 Å². The fourth-order valence-electron chi connectivity index (χ4n) is 1.57. The van der Waals surface area contributed by atoms with Crippen LogP contribution in [0.15, 0.2) is 36.4 Å². The first-order chi connectivity index (χ1) is 8.49. The van der Waals surface area contributed by atoms with E-state index in [0.29, 0.717) is 11.4 Å². The van der Waals surface area contributed by atoms with E-state index in [9.17, 15) is 10.2 Å². The van der Waals surface area contributed by atoms with Crippen LogP contribution in [0.4, 0.5) is 11.4 Å². The number of nitrogens with two attached hydrogens (primary N) is 2. The van der Waals surface area contributed by atoms with Gasteiger partial charge in [-0.25, -0.2) is 0 Å². The van der Waals surface area contributed by atoms with Crippen LogP contribution in [0.1, 0.15) is 0 Å². The van der Waals surface area contributed by atoms with E-state index in [1.807, 2.05) is 0 Å². The van der Waals surface area contributed by atoms with Gasteiger partial charge in [-0.3, -0.25) is 0 Å². The third-order valence-corrected chi connectivity index (χ3v) is 7.82. The second-order valence-electron chi connectivity index (χ2n) is 3.77. The summed E-state index contributed by atoms with van der Waals surface area (Å²) in [6.07, 6.45) is 0. The van der Waals surface area contributed by atoms with Gasteiger partial charge in [0.05, 0.1) is 0 Å². The van der Waals surface area contributed by atoms with Gasteiger partial charge < -0.3 is 0 Å². The molecule has 0 spiro atoms. The number of hydrogen-bond donors (Lipinski definition) is 4. The first-order valence-electron chi connectivity index (χ1n) is 5.12. The maximum absolute atomic E-state index is 9.32. The summed E-state index contributed by atoms with van der Waals surface area (Å²) in [4.78, 5) is 0. The number of aromatic hydroxyl groups is 2. The van der Waals surface area contributed by atoms with Gasteiger partial charge in [-0.2, -0.15) is 0 Å². The number of phenolic OH excluding ortho intramolecular Hbond substituents is 2. The molecular formula is C12H12AsClN2O2. The van der Waals surface area contributed by atoms with Crippen LogP contribution in [-0.4, -0.2) is 23.9 Å². The second kappa shape index (κ2) is 5.00. The topological polar surface area (TPSA) is 92.5 Å². The van der Waals surface area contributed by atoms with Crippen LogP contribution in [0.25, 0.3) is 0 Å². The number of nitrogen functional groups attached to an aromatic ring is 2. The summed E-state index contributed by atoms with van der Waals surface area (Å²) in [5, 5.41) is 18.6. The average Bonchev–Trinajstić information content (AvgIpc) is 2.28. The number of benzene rings is 2. The Hall–Kier alpha value is -1.51. The number of hydrogen-bond acceptors (Lipinski definition) is 4. The Morgan fingerprint density at radius 2 is 1.22 bits per heavy atom. The molecule has 0 aliphatic rings. The Bertz CT molecular complexity index is 541. The van der Waals surface area contributed by atoms with Crippen molar-refractivity contribution in [2.24, 2.45) is 0 Å². The van der Waals surface area contributed by atoms with Crippen molar-refractivity contribution in [1.82, 2.24) is 0 Å². The van der Waals surface area contributed by atoms with Crippen molar-refractivity contribution < 1.29 is 10.2 Å². The third-order valence-electron chi connectivity index (χ3n) is 2.45. The Balaban J connectivity index is 2.44. The molecule has 0 bridgehead atoms. The molecule has 0 radical (unpaired) electrons. The zero-order chi connectivity index (χ0) is 13.3. The van der Waals surface area contributed by atoms with Crippen LogP contribution in [0.5, 0.6) is 11.5 Å². The fraction of sp³-hybridized carbons (Fsp3) is 0. The summed E-state index contributed by atoms with van der Waals surface area (Å²) in [6, 6.07) is 9.46. The number of halogens is 1. The van der Waals surface area contributed by atoms with Gasteiger partial charge in [-0.1, -0.05) is 0 Å². The van der Waals surface area contributed by atoms with Crippen LogP contribution < -0.4 is 20.2 Å². The first-order valence-corrected chi connectivity index (χ1v) is 9.46. The molecule has 94 valence electrons. The summed E-state index contributed by atoms with van der Waals surface area (Å²) >= 11 is -2.11. The van der Waals surface area contributed by atoms with Crippen LogP contribution >= 0.6 is 9.95 Å². The quantitative estimate of drug-likeness (QED) is 0.480. The molecule has 0 fully saturated rings. The molecule has 18 heavy (non-hydrogen) atoms. The zero-order valence-corrected chi connectivity index (χ0v) is 12.0. The molecule has 2 aromatic carbocycles. The van der Waals surface area contributed by atoms with Gasteiger partial charge >= 0.3 is 113 Å². The summed E-state index contributed by atoms with van der Waals surface area (Å²) in [6.45, 7) is 0. The van der Waals surface area contributed by atoms with Gasteiger partial charge in [-0.15, -0.1) is 0 Å². The van der Waals surface area contributed by atoms with Crippen molar-refractivity contribution in [2.45, 2.75) is 0 Å². The van der Waals surface area contributed by atoms with Gasteiger partial charge in [0, 0.05) is 0 Å². The van der Waals surface area contributed by atoms with E-state index in [4.69, 9.17) is 21.4 Å². The molecule has 0 unspecified atom stereocenters. The van der Waals surface area contributed by atoms with Gasteiger partial charge in [0.2, 0.25) is 0 Å². The van der Waals surface area contributed by atoms with Crippen molar-refractivity contribution in [3.63, 3.8) is 0 Å². The Morgan fingerprint density at radius 1 is 0.833 bits per heavy atom. The molecule has 2 aromatic rings. The van der Waals surface area contributed by atoms with E-state index in [2.05, 4.69) is 0 Å². The van der Waals surface area contributed by atoms with E-state index in [0.717, 1.165) is 8.70 Å². The van der Waals surface area contributed by atoms with Crippen molar-refractivity contribution in [3.8, 4) is 11.5 Å². The minimum atomic E-state index is -2.11. The van der Waals surface area contributed by atoms with E-state index < -0.39 is 13.7 Å². The van der Waals surface area contributed by atoms with Crippen molar-refractivity contribution in [3.05, 3.63) is 36.4 Å². The molecular weight excluding hydrogens is 315 g/mol. The predicted octanol–water partition coefficient (Wildman–Crippen LogP) is 0.607. The molecule has 2 rings (SSSR count). The predicted molar refractivity (Wildman–Crippen MR) is 75.9 cm³/mol. The Morgan fingerprint density at radius 3 is 1.56 bits per heavy atom. The number of rotatable bonds is 2. The van der Waals surface area contributed by atoms with E-state index in [1.54, 1.807) is 24.3 Å². The van der Waals surface area contributed by atoms with E-state index >= 15 is 0 Å². The average molecular weight is 327 g/mol. The molecule has 0 saturated carbocycles. The molecule has 0 aliphatic heterocycles. The molecule has 0 aromatic heterocycles. The molecule has 6 heteroatoms. The zero-order valence-electron chi connectivity index (χ0n) is 9.34. The molecule has 0 amide bonds. The van der Waals surface area contributed by atoms with Gasteiger partial charge in [0.25, 0.3) is 0 Å². The molecule has 0 aliphatic carbocycles. The third kappa shape index (κ3) is 2.50. The van der Waals surface area contributed by atoms with E-state index in [-0.39, 0.29) is 11.5 Å². The molecule has 0 saturated heterocycles. The Kier molecular flexibility index (Phi) is 3.60. The minimum absolute atomic E-state index is 0.106. The fourth-order valence-corrected chi connectivity index (χ4v) is 5.80.